The monoisotopic (exact) mass is 491 g/mol. The quantitative estimate of drug-likeness (QED) is 0.250. The van der Waals surface area contributed by atoms with E-state index in [0.717, 1.165) is 36.3 Å². The maximum atomic E-state index is 4.68. The van der Waals surface area contributed by atoms with E-state index in [1.165, 1.54) is 38.1 Å². The molecule has 0 unspecified atom stereocenters. The normalized spacial score (nSPS) is 13.1. The lowest BCUT2D eigenvalue weighted by molar-refractivity contribution is 1.02. The van der Waals surface area contributed by atoms with Crippen LogP contribution in [0.2, 0.25) is 0 Å². The predicted octanol–water partition coefficient (Wildman–Crippen LogP) is 7.25. The van der Waals surface area contributed by atoms with Gasteiger partial charge in [-0.05, 0) is 47.0 Å². The smallest absolute Gasteiger partial charge is 0.118 e. The minimum absolute atomic E-state index is 0.927. The SMILES string of the molecule is Brc1ccccc1CC1=Nc2ccccc2C1.c1ccc2c(c1)Cc1nc3ccccc3n1-2. The number of hydrogen-bond donors (Lipinski definition) is 0. The third-order valence-corrected chi connectivity index (χ3v) is 7.00. The van der Waals surface area contributed by atoms with Crippen LogP contribution >= 0.6 is 15.9 Å². The number of para-hydroxylation sites is 4. The Morgan fingerprint density at radius 1 is 0.727 bits per heavy atom. The average Bonchev–Trinajstić information content (AvgIpc) is 3.51. The number of fused-ring (bicyclic) bond motifs is 6. The molecule has 1 aromatic heterocycles. The number of imidazole rings is 1. The van der Waals surface area contributed by atoms with E-state index in [2.05, 4.69) is 109 Å². The molecule has 0 atom stereocenters. The Hall–Kier alpha value is -3.50. The van der Waals surface area contributed by atoms with Crippen molar-refractivity contribution in [2.24, 2.45) is 4.99 Å². The van der Waals surface area contributed by atoms with Gasteiger partial charge in [-0.3, -0.25) is 9.56 Å². The molecule has 4 heteroatoms. The molecule has 7 rings (SSSR count). The summed E-state index contributed by atoms with van der Waals surface area (Å²) in [5, 5.41) is 0. The molecule has 0 radical (unpaired) electrons. The molecule has 3 nitrogen and oxygen atoms in total. The number of nitrogens with zero attached hydrogens (tertiary/aromatic N) is 3. The zero-order valence-corrected chi connectivity index (χ0v) is 19.7. The van der Waals surface area contributed by atoms with Crippen LogP contribution in [0.25, 0.3) is 16.7 Å². The van der Waals surface area contributed by atoms with E-state index in [1.807, 2.05) is 18.2 Å². The molecule has 0 bridgehead atoms. The summed E-state index contributed by atoms with van der Waals surface area (Å²) in [6.45, 7) is 0. The molecule has 0 saturated carbocycles. The van der Waals surface area contributed by atoms with Crippen molar-refractivity contribution in [2.45, 2.75) is 19.3 Å². The summed E-state index contributed by atoms with van der Waals surface area (Å²) >= 11 is 3.58. The summed E-state index contributed by atoms with van der Waals surface area (Å²) in [7, 11) is 0. The molecule has 0 amide bonds. The first-order valence-electron chi connectivity index (χ1n) is 11.2. The van der Waals surface area contributed by atoms with Gasteiger partial charge in [0, 0.05) is 29.4 Å². The molecule has 3 heterocycles. The molecule has 160 valence electrons. The predicted molar refractivity (Wildman–Crippen MR) is 139 cm³/mol. The Kier molecular flexibility index (Phi) is 5.16. The fourth-order valence-electron chi connectivity index (χ4n) is 4.67. The maximum Gasteiger partial charge on any atom is 0.118 e. The van der Waals surface area contributed by atoms with Gasteiger partial charge in [0.05, 0.1) is 22.4 Å². The summed E-state index contributed by atoms with van der Waals surface area (Å²) in [6.07, 6.45) is 2.86. The van der Waals surface area contributed by atoms with Gasteiger partial charge >= 0.3 is 0 Å². The lowest BCUT2D eigenvalue weighted by Gasteiger charge is -2.03. The molecule has 0 saturated heterocycles. The number of aliphatic imine (C=N–C) groups is 1. The van der Waals surface area contributed by atoms with E-state index in [1.54, 1.807) is 0 Å². The standard InChI is InChI=1S/C15H12BrN.C14H10N2/c16-14-7-3-1-5-11(14)9-13-10-12-6-2-4-8-15(12)17-13;1-3-7-12-10(5-1)9-14-15-11-6-2-4-8-13(11)16(12)14/h1-8H,9-10H2;1-8H,9H2. The second-order valence-corrected chi connectivity index (χ2v) is 9.26. The highest BCUT2D eigenvalue weighted by atomic mass is 79.9. The van der Waals surface area contributed by atoms with Crippen LogP contribution in [-0.4, -0.2) is 15.3 Å². The van der Waals surface area contributed by atoms with Crippen molar-refractivity contribution in [1.82, 2.24) is 9.55 Å². The van der Waals surface area contributed by atoms with Crippen molar-refractivity contribution in [3.8, 4) is 5.69 Å². The summed E-state index contributed by atoms with van der Waals surface area (Å²) in [6, 6.07) is 33.5. The van der Waals surface area contributed by atoms with Gasteiger partial charge in [0.15, 0.2) is 0 Å². The summed E-state index contributed by atoms with van der Waals surface area (Å²) < 4.78 is 3.43. The van der Waals surface area contributed by atoms with Crippen molar-refractivity contribution in [3.05, 3.63) is 124 Å². The van der Waals surface area contributed by atoms with Crippen LogP contribution in [0.5, 0.6) is 0 Å². The number of hydrogen-bond acceptors (Lipinski definition) is 2. The molecule has 0 N–H and O–H groups in total. The van der Waals surface area contributed by atoms with Gasteiger partial charge in [-0.1, -0.05) is 82.7 Å². The molecule has 33 heavy (non-hydrogen) atoms. The molecule has 0 spiro atoms. The lowest BCUT2D eigenvalue weighted by atomic mass is 10.0. The van der Waals surface area contributed by atoms with Crippen LogP contribution in [0.1, 0.15) is 22.5 Å². The van der Waals surface area contributed by atoms with Crippen LogP contribution in [0.15, 0.2) is 107 Å². The van der Waals surface area contributed by atoms with E-state index in [4.69, 9.17) is 0 Å². The van der Waals surface area contributed by atoms with Crippen molar-refractivity contribution < 1.29 is 0 Å². The second-order valence-electron chi connectivity index (χ2n) is 8.41. The zero-order valence-electron chi connectivity index (χ0n) is 18.1. The van der Waals surface area contributed by atoms with E-state index in [-0.39, 0.29) is 0 Å². The van der Waals surface area contributed by atoms with Gasteiger partial charge in [0.2, 0.25) is 0 Å². The zero-order chi connectivity index (χ0) is 22.2. The van der Waals surface area contributed by atoms with Crippen LogP contribution < -0.4 is 0 Å². The highest BCUT2D eigenvalue weighted by Gasteiger charge is 2.21. The molecular formula is C29H22BrN3. The molecule has 2 aliphatic heterocycles. The third kappa shape index (κ3) is 3.81. The van der Waals surface area contributed by atoms with Gasteiger partial charge in [-0.25, -0.2) is 4.98 Å². The molecule has 4 aromatic carbocycles. The summed E-state index contributed by atoms with van der Waals surface area (Å²) in [5.41, 5.74) is 9.98. The minimum atomic E-state index is 0.927. The first-order valence-corrected chi connectivity index (χ1v) is 12.0. The molecule has 0 aliphatic carbocycles. The molecule has 0 fully saturated rings. The molecule has 5 aromatic rings. The van der Waals surface area contributed by atoms with Gasteiger partial charge in [0.1, 0.15) is 5.82 Å². The first kappa shape index (κ1) is 20.1. The highest BCUT2D eigenvalue weighted by Crippen LogP contribution is 2.31. The van der Waals surface area contributed by atoms with E-state index < -0.39 is 0 Å². The van der Waals surface area contributed by atoms with Gasteiger partial charge in [-0.15, -0.1) is 0 Å². The van der Waals surface area contributed by atoms with Gasteiger partial charge in [0.25, 0.3) is 0 Å². The summed E-state index contributed by atoms with van der Waals surface area (Å²) in [4.78, 5) is 9.35. The average molecular weight is 492 g/mol. The molecule has 2 aliphatic rings. The Bertz CT molecular complexity index is 1510. The fourth-order valence-corrected chi connectivity index (χ4v) is 5.10. The Morgan fingerprint density at radius 3 is 2.33 bits per heavy atom. The molecular weight excluding hydrogens is 470 g/mol. The van der Waals surface area contributed by atoms with Crippen molar-refractivity contribution in [2.75, 3.05) is 0 Å². The third-order valence-electron chi connectivity index (χ3n) is 6.23. The van der Waals surface area contributed by atoms with Crippen molar-refractivity contribution in [3.63, 3.8) is 0 Å². The minimum Gasteiger partial charge on any atom is -0.296 e. The Morgan fingerprint density at radius 2 is 1.45 bits per heavy atom. The topological polar surface area (TPSA) is 30.2 Å². The first-order chi connectivity index (χ1) is 16.3. The van der Waals surface area contributed by atoms with Crippen LogP contribution in [-0.2, 0) is 19.3 Å². The number of benzene rings is 4. The Balaban J connectivity index is 0.000000125. The van der Waals surface area contributed by atoms with Gasteiger partial charge < -0.3 is 0 Å². The van der Waals surface area contributed by atoms with Gasteiger partial charge in [-0.2, -0.15) is 0 Å². The second kappa shape index (κ2) is 8.45. The largest absolute Gasteiger partial charge is 0.296 e. The van der Waals surface area contributed by atoms with Crippen molar-refractivity contribution in [1.29, 1.82) is 0 Å². The highest BCUT2D eigenvalue weighted by molar-refractivity contribution is 9.10. The van der Waals surface area contributed by atoms with E-state index in [9.17, 15) is 0 Å². The number of aromatic nitrogens is 2. The summed E-state index contributed by atoms with van der Waals surface area (Å²) in [5.74, 6) is 1.16. The maximum absolute atomic E-state index is 4.68. The number of halogens is 1. The van der Waals surface area contributed by atoms with E-state index >= 15 is 0 Å². The fraction of sp³-hybridized carbons (Fsp3) is 0.103. The van der Waals surface area contributed by atoms with Crippen LogP contribution in [0.4, 0.5) is 5.69 Å². The van der Waals surface area contributed by atoms with Crippen molar-refractivity contribution >= 4 is 38.4 Å². The van der Waals surface area contributed by atoms with Crippen LogP contribution in [0, 0.1) is 0 Å². The van der Waals surface area contributed by atoms with E-state index in [0.29, 0.717) is 0 Å². The number of rotatable bonds is 2. The Labute approximate surface area is 201 Å². The lowest BCUT2D eigenvalue weighted by Crippen LogP contribution is -2.03. The van der Waals surface area contributed by atoms with Crippen LogP contribution in [0.3, 0.4) is 0 Å².